The highest BCUT2D eigenvalue weighted by Gasteiger charge is 2.25. The molecule has 2 heterocycles. The van der Waals surface area contributed by atoms with E-state index in [1.807, 2.05) is 65.6 Å². The van der Waals surface area contributed by atoms with Gasteiger partial charge in [-0.25, -0.2) is 0 Å². The van der Waals surface area contributed by atoms with Gasteiger partial charge in [0, 0.05) is 12.2 Å². The highest BCUT2D eigenvalue weighted by Crippen LogP contribution is 2.32. The third kappa shape index (κ3) is 6.14. The lowest BCUT2D eigenvalue weighted by Gasteiger charge is -2.35. The first-order chi connectivity index (χ1) is 18.5. The lowest BCUT2D eigenvalue weighted by molar-refractivity contribution is 0.0591. The fourth-order valence-corrected chi connectivity index (χ4v) is 5.04. The SMILES string of the molecule is O=S(=O)(O)c1c(C=Cc2ccccc2)cccc1Nc1nnncc1N1CCOC(Nc2ccccc2)C1. The molecule has 3 aromatic carbocycles. The largest absolute Gasteiger partial charge is 0.360 e. The number of nitrogens with one attached hydrogen (secondary N) is 2. The number of anilines is 4. The minimum atomic E-state index is -4.59. The topological polar surface area (TPSA) is 130 Å². The molecule has 1 fully saturated rings. The van der Waals surface area contributed by atoms with Crippen LogP contribution in [0.4, 0.5) is 22.9 Å². The van der Waals surface area contributed by atoms with Crippen molar-refractivity contribution >= 4 is 45.2 Å². The number of aromatic nitrogens is 3. The van der Waals surface area contributed by atoms with Crippen LogP contribution in [0.25, 0.3) is 12.2 Å². The lowest BCUT2D eigenvalue weighted by Crippen LogP contribution is -2.46. The minimum absolute atomic E-state index is 0.164. The van der Waals surface area contributed by atoms with Crippen LogP contribution in [0.3, 0.4) is 0 Å². The highest BCUT2D eigenvalue weighted by atomic mass is 32.2. The molecule has 11 heteroatoms. The Morgan fingerprint density at radius 3 is 2.50 bits per heavy atom. The maximum absolute atomic E-state index is 12.5. The quantitative estimate of drug-likeness (QED) is 0.224. The summed E-state index contributed by atoms with van der Waals surface area (Å²) >= 11 is 0. The molecule has 4 aromatic rings. The van der Waals surface area contributed by atoms with E-state index in [1.165, 1.54) is 0 Å². The van der Waals surface area contributed by atoms with Crippen LogP contribution in [0.15, 0.2) is 90.0 Å². The number of ether oxygens (including phenoxy) is 1. The Morgan fingerprint density at radius 2 is 1.74 bits per heavy atom. The summed E-state index contributed by atoms with van der Waals surface area (Å²) in [6, 6.07) is 24.1. The van der Waals surface area contributed by atoms with Crippen LogP contribution in [0.2, 0.25) is 0 Å². The molecule has 0 saturated carbocycles. The zero-order valence-electron chi connectivity index (χ0n) is 20.3. The Morgan fingerprint density at radius 1 is 0.974 bits per heavy atom. The van der Waals surface area contributed by atoms with Gasteiger partial charge < -0.3 is 20.3 Å². The van der Waals surface area contributed by atoms with Crippen LogP contribution in [-0.2, 0) is 14.9 Å². The smallest absolute Gasteiger partial charge is 0.297 e. The fraction of sp³-hybridized carbons (Fsp3) is 0.148. The van der Waals surface area contributed by atoms with Crippen molar-refractivity contribution in [2.75, 3.05) is 35.2 Å². The van der Waals surface area contributed by atoms with Crippen molar-refractivity contribution in [1.82, 2.24) is 15.4 Å². The number of rotatable bonds is 8. The van der Waals surface area contributed by atoms with Crippen molar-refractivity contribution in [3.05, 3.63) is 96.2 Å². The molecule has 0 aliphatic carbocycles. The van der Waals surface area contributed by atoms with Gasteiger partial charge in [-0.1, -0.05) is 72.8 Å². The number of benzene rings is 3. The number of hydrogen-bond donors (Lipinski definition) is 3. The van der Waals surface area contributed by atoms with E-state index in [9.17, 15) is 13.0 Å². The van der Waals surface area contributed by atoms with Crippen LogP contribution in [-0.4, -0.2) is 54.3 Å². The van der Waals surface area contributed by atoms with E-state index in [0.29, 0.717) is 36.8 Å². The van der Waals surface area contributed by atoms with E-state index in [-0.39, 0.29) is 16.8 Å². The first-order valence-electron chi connectivity index (χ1n) is 11.9. The zero-order valence-corrected chi connectivity index (χ0v) is 21.1. The molecule has 1 atom stereocenters. The van der Waals surface area contributed by atoms with E-state index >= 15 is 0 Å². The van der Waals surface area contributed by atoms with Crippen molar-refractivity contribution in [2.24, 2.45) is 0 Å². The van der Waals surface area contributed by atoms with Crippen LogP contribution in [0.1, 0.15) is 11.1 Å². The summed E-state index contributed by atoms with van der Waals surface area (Å²) in [6.45, 7) is 1.52. The molecule has 0 bridgehead atoms. The van der Waals surface area contributed by atoms with Gasteiger partial charge in [-0.2, -0.15) is 8.42 Å². The number of nitrogens with zero attached hydrogens (tertiary/aromatic N) is 4. The van der Waals surface area contributed by atoms with Gasteiger partial charge >= 0.3 is 0 Å². The first-order valence-corrected chi connectivity index (χ1v) is 13.4. The van der Waals surface area contributed by atoms with Crippen molar-refractivity contribution < 1.29 is 17.7 Å². The van der Waals surface area contributed by atoms with Crippen LogP contribution in [0, 0.1) is 0 Å². The summed E-state index contributed by atoms with van der Waals surface area (Å²) in [7, 11) is -4.59. The molecule has 1 saturated heterocycles. The van der Waals surface area contributed by atoms with Crippen molar-refractivity contribution in [2.45, 2.75) is 11.1 Å². The second-order valence-electron chi connectivity index (χ2n) is 8.55. The van der Waals surface area contributed by atoms with Crippen LogP contribution < -0.4 is 15.5 Å². The summed E-state index contributed by atoms with van der Waals surface area (Å²) in [6.07, 6.45) is 4.70. The molecule has 1 unspecified atom stereocenters. The molecule has 3 N–H and O–H groups in total. The molecule has 5 rings (SSSR count). The van der Waals surface area contributed by atoms with Gasteiger partial charge in [0.25, 0.3) is 10.1 Å². The molecule has 1 aliphatic rings. The number of hydrogen-bond acceptors (Lipinski definition) is 9. The third-order valence-electron chi connectivity index (χ3n) is 5.94. The fourth-order valence-electron chi connectivity index (χ4n) is 4.21. The normalized spacial score (nSPS) is 15.9. The monoisotopic (exact) mass is 530 g/mol. The van der Waals surface area contributed by atoms with Crippen molar-refractivity contribution in [3.63, 3.8) is 0 Å². The predicted molar refractivity (Wildman–Crippen MR) is 147 cm³/mol. The molecule has 1 aromatic heterocycles. The Kier molecular flexibility index (Phi) is 7.59. The Bertz CT molecular complexity index is 1520. The zero-order chi connectivity index (χ0) is 26.4. The molecule has 10 nitrogen and oxygen atoms in total. The number of para-hydroxylation sites is 1. The maximum atomic E-state index is 12.5. The van der Waals surface area contributed by atoms with E-state index in [4.69, 9.17) is 4.74 Å². The van der Waals surface area contributed by atoms with Crippen LogP contribution >= 0.6 is 0 Å². The third-order valence-corrected chi connectivity index (χ3v) is 6.91. The van der Waals surface area contributed by atoms with Gasteiger partial charge in [-0.15, -0.1) is 10.2 Å². The van der Waals surface area contributed by atoms with Gasteiger partial charge in [-0.05, 0) is 34.5 Å². The summed E-state index contributed by atoms with van der Waals surface area (Å²) in [4.78, 5) is 1.77. The average molecular weight is 531 g/mol. The van der Waals surface area contributed by atoms with Crippen molar-refractivity contribution in [3.8, 4) is 0 Å². The molecular weight excluding hydrogens is 504 g/mol. The van der Waals surface area contributed by atoms with E-state index in [0.717, 1.165) is 11.3 Å². The summed E-state index contributed by atoms with van der Waals surface area (Å²) in [5.41, 5.74) is 2.93. The summed E-state index contributed by atoms with van der Waals surface area (Å²) in [5, 5.41) is 18.2. The standard InChI is InChI=1S/C27H26N6O4S/c34-38(35,36)26-21(15-14-20-8-3-1-4-9-20)10-7-13-23(26)30-27-24(18-28-32-31-27)33-16-17-37-25(19-33)29-22-11-5-2-6-12-22/h1-15,18,25,29H,16-17,19H2,(H,28,30,31)(H,34,35,36). The van der Waals surface area contributed by atoms with Gasteiger partial charge in [0.1, 0.15) is 16.8 Å². The van der Waals surface area contributed by atoms with Gasteiger partial charge in [0.15, 0.2) is 5.82 Å². The molecule has 1 aliphatic heterocycles. The van der Waals surface area contributed by atoms with E-state index < -0.39 is 10.1 Å². The second kappa shape index (κ2) is 11.4. The minimum Gasteiger partial charge on any atom is -0.360 e. The van der Waals surface area contributed by atoms with E-state index in [2.05, 4.69) is 26.0 Å². The van der Waals surface area contributed by atoms with E-state index in [1.54, 1.807) is 36.5 Å². The van der Waals surface area contributed by atoms with Crippen LogP contribution in [0.5, 0.6) is 0 Å². The average Bonchev–Trinajstić information content (AvgIpc) is 2.93. The lowest BCUT2D eigenvalue weighted by atomic mass is 10.1. The van der Waals surface area contributed by atoms with Gasteiger partial charge in [0.2, 0.25) is 0 Å². The molecule has 38 heavy (non-hydrogen) atoms. The predicted octanol–water partition coefficient (Wildman–Crippen LogP) is 4.31. The van der Waals surface area contributed by atoms with Crippen molar-refractivity contribution in [1.29, 1.82) is 0 Å². The van der Waals surface area contributed by atoms with Gasteiger partial charge in [-0.3, -0.25) is 4.55 Å². The summed E-state index contributed by atoms with van der Waals surface area (Å²) < 4.78 is 41.0. The highest BCUT2D eigenvalue weighted by molar-refractivity contribution is 7.86. The second-order valence-corrected chi connectivity index (χ2v) is 9.91. The van der Waals surface area contributed by atoms with Gasteiger partial charge in [0.05, 0.1) is 25.0 Å². The Hall–Kier alpha value is -4.32. The molecule has 0 amide bonds. The Labute approximate surface area is 220 Å². The molecular formula is C27H26N6O4S. The molecule has 0 spiro atoms. The molecule has 194 valence electrons. The summed E-state index contributed by atoms with van der Waals surface area (Å²) in [5.74, 6) is 0.300. The maximum Gasteiger partial charge on any atom is 0.297 e. The first kappa shape index (κ1) is 25.3. The molecule has 0 radical (unpaired) electrons. The number of morpholine rings is 1. The Balaban J connectivity index is 1.43.